The van der Waals surface area contributed by atoms with Crippen LogP contribution in [0.4, 0.5) is 13.2 Å². The Morgan fingerprint density at radius 2 is 2.00 bits per heavy atom. The summed E-state index contributed by atoms with van der Waals surface area (Å²) >= 11 is 0. The van der Waals surface area contributed by atoms with Crippen LogP contribution in [0.2, 0.25) is 0 Å². The summed E-state index contributed by atoms with van der Waals surface area (Å²) < 4.78 is 58.6. The second-order valence-corrected chi connectivity index (χ2v) is 5.05. The molecular formula is C7H10F3NO2S. The highest BCUT2D eigenvalue weighted by atomic mass is 32.2. The largest absolute Gasteiger partial charge is 0.511 e. The molecule has 0 N–H and O–H groups in total. The molecule has 0 amide bonds. The van der Waals surface area contributed by atoms with Gasteiger partial charge in [-0.3, -0.25) is 0 Å². The first-order valence-electron chi connectivity index (χ1n) is 3.97. The molecule has 0 aromatic heterocycles. The van der Waals surface area contributed by atoms with Crippen LogP contribution in [0.5, 0.6) is 0 Å². The van der Waals surface area contributed by atoms with E-state index in [1.54, 1.807) is 13.0 Å². The molecular weight excluding hydrogens is 219 g/mol. The molecule has 0 bridgehead atoms. The van der Waals surface area contributed by atoms with Crippen LogP contribution >= 0.6 is 0 Å². The minimum Gasteiger partial charge on any atom is -0.203 e. The second-order valence-electron chi connectivity index (χ2n) is 3.12. The zero-order valence-electron chi connectivity index (χ0n) is 7.50. The van der Waals surface area contributed by atoms with E-state index in [1.807, 2.05) is 0 Å². The Balaban J connectivity index is 2.91. The van der Waals surface area contributed by atoms with Gasteiger partial charge in [-0.1, -0.05) is 11.6 Å². The van der Waals surface area contributed by atoms with E-state index in [9.17, 15) is 21.6 Å². The van der Waals surface area contributed by atoms with Crippen molar-refractivity contribution in [2.75, 3.05) is 13.1 Å². The summed E-state index contributed by atoms with van der Waals surface area (Å²) in [5.74, 6) is 0. The first-order chi connectivity index (χ1) is 6.25. The highest BCUT2D eigenvalue weighted by molar-refractivity contribution is 7.90. The lowest BCUT2D eigenvalue weighted by molar-refractivity contribution is -0.0487. The number of halogens is 3. The second kappa shape index (κ2) is 3.54. The number of sulfonamides is 1. The first-order valence-corrected chi connectivity index (χ1v) is 5.41. The molecule has 0 aromatic rings. The Morgan fingerprint density at radius 1 is 1.43 bits per heavy atom. The smallest absolute Gasteiger partial charge is 0.203 e. The van der Waals surface area contributed by atoms with Gasteiger partial charge in [-0.25, -0.2) is 8.42 Å². The molecule has 0 aliphatic carbocycles. The van der Waals surface area contributed by atoms with Gasteiger partial charge in [0, 0.05) is 13.1 Å². The van der Waals surface area contributed by atoms with Gasteiger partial charge in [0.05, 0.1) is 0 Å². The van der Waals surface area contributed by atoms with E-state index < -0.39 is 15.5 Å². The number of rotatable bonds is 1. The summed E-state index contributed by atoms with van der Waals surface area (Å²) in [6.07, 6.45) is 2.07. The molecule has 1 aliphatic heterocycles. The molecule has 3 nitrogen and oxygen atoms in total. The van der Waals surface area contributed by atoms with Crippen LogP contribution in [-0.2, 0) is 10.0 Å². The summed E-state index contributed by atoms with van der Waals surface area (Å²) in [4.78, 5) is 0. The molecule has 0 saturated heterocycles. The third-order valence-electron chi connectivity index (χ3n) is 1.93. The van der Waals surface area contributed by atoms with E-state index in [4.69, 9.17) is 0 Å². The van der Waals surface area contributed by atoms with E-state index in [2.05, 4.69) is 0 Å². The quantitative estimate of drug-likeness (QED) is 0.639. The van der Waals surface area contributed by atoms with E-state index in [0.29, 0.717) is 16.3 Å². The van der Waals surface area contributed by atoms with Crippen molar-refractivity contribution in [3.63, 3.8) is 0 Å². The molecule has 7 heteroatoms. The maximum absolute atomic E-state index is 12.1. The topological polar surface area (TPSA) is 37.4 Å². The predicted octanol–water partition coefficient (Wildman–Crippen LogP) is 1.49. The van der Waals surface area contributed by atoms with E-state index in [1.165, 1.54) is 0 Å². The van der Waals surface area contributed by atoms with Crippen molar-refractivity contribution in [1.82, 2.24) is 4.31 Å². The van der Waals surface area contributed by atoms with Crippen LogP contribution in [0, 0.1) is 0 Å². The summed E-state index contributed by atoms with van der Waals surface area (Å²) in [6.45, 7) is 1.35. The van der Waals surface area contributed by atoms with Crippen molar-refractivity contribution >= 4 is 10.0 Å². The van der Waals surface area contributed by atoms with Crippen LogP contribution < -0.4 is 0 Å². The molecule has 0 radical (unpaired) electrons. The third-order valence-corrected chi connectivity index (χ3v) is 3.51. The monoisotopic (exact) mass is 229 g/mol. The molecule has 0 spiro atoms. The fourth-order valence-electron chi connectivity index (χ4n) is 1.23. The number of nitrogens with zero attached hydrogens (tertiary/aromatic N) is 1. The zero-order chi connectivity index (χ0) is 11.0. The highest BCUT2D eigenvalue weighted by Crippen LogP contribution is 2.28. The standard InChI is InChI=1S/C7H10F3NO2S/c1-6-3-2-4-11(5-6)14(12,13)7(8,9)10/h3H,2,4-5H2,1H3. The van der Waals surface area contributed by atoms with Gasteiger partial charge >= 0.3 is 15.5 Å². The van der Waals surface area contributed by atoms with Crippen LogP contribution in [0.1, 0.15) is 13.3 Å². The van der Waals surface area contributed by atoms with Crippen molar-refractivity contribution < 1.29 is 21.6 Å². The van der Waals surface area contributed by atoms with E-state index in [-0.39, 0.29) is 13.1 Å². The van der Waals surface area contributed by atoms with Crippen LogP contribution in [0.25, 0.3) is 0 Å². The predicted molar refractivity (Wildman–Crippen MR) is 44.9 cm³/mol. The minimum atomic E-state index is -5.19. The molecule has 0 atom stereocenters. The van der Waals surface area contributed by atoms with Gasteiger partial charge in [0.2, 0.25) is 0 Å². The number of hydrogen-bond donors (Lipinski definition) is 0. The van der Waals surface area contributed by atoms with E-state index in [0.717, 1.165) is 0 Å². The highest BCUT2D eigenvalue weighted by Gasteiger charge is 2.49. The molecule has 82 valence electrons. The zero-order valence-corrected chi connectivity index (χ0v) is 8.32. The Labute approximate surface area is 80.3 Å². The van der Waals surface area contributed by atoms with Crippen molar-refractivity contribution in [2.24, 2.45) is 0 Å². The van der Waals surface area contributed by atoms with Gasteiger partial charge in [-0.05, 0) is 13.3 Å². The fourth-order valence-corrected chi connectivity index (χ4v) is 2.24. The lowest BCUT2D eigenvalue weighted by Crippen LogP contribution is -2.43. The first kappa shape index (κ1) is 11.5. The van der Waals surface area contributed by atoms with Gasteiger partial charge in [-0.2, -0.15) is 17.5 Å². The average Bonchev–Trinajstić information content (AvgIpc) is 2.02. The Morgan fingerprint density at radius 3 is 2.43 bits per heavy atom. The van der Waals surface area contributed by atoms with Crippen LogP contribution in [-0.4, -0.2) is 31.3 Å². The van der Waals surface area contributed by atoms with Crippen LogP contribution in [0.15, 0.2) is 11.6 Å². The summed E-state index contributed by atoms with van der Waals surface area (Å²) in [7, 11) is -5.14. The van der Waals surface area contributed by atoms with Gasteiger partial charge < -0.3 is 0 Å². The molecule has 0 fully saturated rings. The molecule has 1 aliphatic rings. The summed E-state index contributed by atoms with van der Waals surface area (Å²) in [5.41, 5.74) is -4.55. The van der Waals surface area contributed by atoms with Crippen molar-refractivity contribution in [3.05, 3.63) is 11.6 Å². The maximum atomic E-state index is 12.1. The lowest BCUT2D eigenvalue weighted by atomic mass is 10.2. The SMILES string of the molecule is CC1=CCCN(S(=O)(=O)C(F)(F)F)C1. The lowest BCUT2D eigenvalue weighted by Gasteiger charge is -2.25. The normalized spacial score (nSPS) is 20.7. The fraction of sp³-hybridized carbons (Fsp3) is 0.714. The van der Waals surface area contributed by atoms with Gasteiger partial charge in [0.15, 0.2) is 0 Å². The van der Waals surface area contributed by atoms with Gasteiger partial charge in [0.1, 0.15) is 0 Å². The third kappa shape index (κ3) is 2.09. The van der Waals surface area contributed by atoms with Crippen molar-refractivity contribution in [2.45, 2.75) is 18.9 Å². The number of hydrogen-bond acceptors (Lipinski definition) is 2. The molecule has 0 unspecified atom stereocenters. The molecule has 0 aromatic carbocycles. The minimum absolute atomic E-state index is 0.0980. The Kier molecular flexibility index (Phi) is 2.91. The molecule has 1 rings (SSSR count). The Hall–Kier alpha value is -0.560. The van der Waals surface area contributed by atoms with Gasteiger partial charge in [0.25, 0.3) is 0 Å². The maximum Gasteiger partial charge on any atom is 0.511 e. The van der Waals surface area contributed by atoms with E-state index >= 15 is 0 Å². The van der Waals surface area contributed by atoms with Gasteiger partial charge in [-0.15, -0.1) is 0 Å². The molecule has 0 saturated carbocycles. The Bertz CT molecular complexity index is 344. The van der Waals surface area contributed by atoms with Crippen LogP contribution in [0.3, 0.4) is 0 Å². The summed E-state index contributed by atoms with van der Waals surface area (Å²) in [6, 6.07) is 0. The summed E-state index contributed by atoms with van der Waals surface area (Å²) in [5, 5.41) is 0. The average molecular weight is 229 g/mol. The molecule has 1 heterocycles. The number of alkyl halides is 3. The van der Waals surface area contributed by atoms with Crippen molar-refractivity contribution in [1.29, 1.82) is 0 Å². The van der Waals surface area contributed by atoms with Crippen molar-refractivity contribution in [3.8, 4) is 0 Å². The molecule has 14 heavy (non-hydrogen) atoms.